The Kier molecular flexibility index (Phi) is 3.38. The number of nitrogens with one attached hydrogen (secondary N) is 1. The number of rotatable bonds is 3. The van der Waals surface area contributed by atoms with E-state index < -0.39 is 0 Å². The maximum absolute atomic E-state index is 12.3. The number of carbonyl (C=O) groups excluding carboxylic acids is 1. The number of amides is 1. The summed E-state index contributed by atoms with van der Waals surface area (Å²) in [5.41, 5.74) is 2.12. The van der Waals surface area contributed by atoms with Gasteiger partial charge in [-0.15, -0.1) is 0 Å². The molecule has 0 bridgehead atoms. The largest absolute Gasteiger partial charge is 0.311 e. The highest BCUT2D eigenvalue weighted by molar-refractivity contribution is 9.10. The second-order valence-corrected chi connectivity index (χ2v) is 6.11. The Labute approximate surface area is 126 Å². The molecule has 1 aromatic heterocycles. The molecule has 0 radical (unpaired) electrons. The van der Waals surface area contributed by atoms with E-state index in [4.69, 9.17) is 0 Å². The van der Waals surface area contributed by atoms with Crippen LogP contribution in [0.3, 0.4) is 0 Å². The van der Waals surface area contributed by atoms with Crippen LogP contribution in [0.15, 0.2) is 34.8 Å². The molecule has 2 aromatic rings. The molecule has 1 aromatic carbocycles. The fourth-order valence-electron chi connectivity index (χ4n) is 2.55. The third kappa shape index (κ3) is 2.50. The Hall–Kier alpha value is -1.62. The number of hydrogen-bond donors (Lipinski definition) is 1. The van der Waals surface area contributed by atoms with Gasteiger partial charge in [-0.2, -0.15) is 5.10 Å². The number of hydrogen-bond acceptors (Lipinski definition) is 2. The average Bonchev–Trinajstić information content (AvgIpc) is 3.12. The fourth-order valence-corrected chi connectivity index (χ4v) is 3.13. The van der Waals surface area contributed by atoms with Crippen LogP contribution in [0.5, 0.6) is 0 Å². The van der Waals surface area contributed by atoms with Crippen molar-refractivity contribution in [3.8, 4) is 0 Å². The number of carbonyl (C=O) groups is 1. The van der Waals surface area contributed by atoms with Gasteiger partial charge in [-0.25, -0.2) is 0 Å². The van der Waals surface area contributed by atoms with Crippen molar-refractivity contribution in [3.05, 3.63) is 46.1 Å². The van der Waals surface area contributed by atoms with Gasteiger partial charge in [0.15, 0.2) is 0 Å². The van der Waals surface area contributed by atoms with E-state index >= 15 is 0 Å². The molecule has 1 saturated carbocycles. The van der Waals surface area contributed by atoms with Crippen LogP contribution >= 0.6 is 15.9 Å². The highest BCUT2D eigenvalue weighted by Crippen LogP contribution is 2.49. The summed E-state index contributed by atoms with van der Waals surface area (Å²) in [7, 11) is 1.83. The summed E-state index contributed by atoms with van der Waals surface area (Å²) < 4.78 is 2.78. The summed E-state index contributed by atoms with van der Waals surface area (Å²) in [6.45, 7) is 1.91. The third-order valence-electron chi connectivity index (χ3n) is 3.69. The predicted molar refractivity (Wildman–Crippen MR) is 81.6 cm³/mol. The zero-order chi connectivity index (χ0) is 14.3. The van der Waals surface area contributed by atoms with E-state index in [-0.39, 0.29) is 11.8 Å². The van der Waals surface area contributed by atoms with Gasteiger partial charge in [0.05, 0.1) is 5.69 Å². The predicted octanol–water partition coefficient (Wildman–Crippen LogP) is 3.23. The van der Waals surface area contributed by atoms with Crippen LogP contribution in [0, 0.1) is 12.8 Å². The molecule has 0 spiro atoms. The molecule has 1 fully saturated rings. The Morgan fingerprint density at radius 1 is 1.45 bits per heavy atom. The molecule has 3 rings (SSSR count). The van der Waals surface area contributed by atoms with Gasteiger partial charge in [-0.3, -0.25) is 9.48 Å². The molecule has 1 aliphatic carbocycles. The fraction of sp³-hybridized carbons (Fsp3) is 0.333. The van der Waals surface area contributed by atoms with Crippen molar-refractivity contribution >= 4 is 27.7 Å². The van der Waals surface area contributed by atoms with Gasteiger partial charge in [-0.1, -0.05) is 34.1 Å². The van der Waals surface area contributed by atoms with E-state index in [1.54, 1.807) is 4.68 Å². The van der Waals surface area contributed by atoms with Gasteiger partial charge in [0.2, 0.25) is 5.91 Å². The molecule has 0 unspecified atom stereocenters. The highest BCUT2D eigenvalue weighted by Gasteiger charge is 2.44. The molecule has 4 nitrogen and oxygen atoms in total. The van der Waals surface area contributed by atoms with E-state index in [0.29, 0.717) is 5.92 Å². The van der Waals surface area contributed by atoms with E-state index in [9.17, 15) is 4.79 Å². The molecule has 104 valence electrons. The monoisotopic (exact) mass is 333 g/mol. The molecule has 1 heterocycles. The molecule has 0 aliphatic heterocycles. The third-order valence-corrected chi connectivity index (χ3v) is 4.41. The minimum atomic E-state index is 0.0592. The van der Waals surface area contributed by atoms with Crippen molar-refractivity contribution in [3.63, 3.8) is 0 Å². The van der Waals surface area contributed by atoms with Crippen molar-refractivity contribution in [2.45, 2.75) is 19.3 Å². The molecular weight excluding hydrogens is 318 g/mol. The first-order valence-electron chi connectivity index (χ1n) is 6.62. The lowest BCUT2D eigenvalue weighted by Crippen LogP contribution is -2.16. The smallest absolute Gasteiger partial charge is 0.229 e. The van der Waals surface area contributed by atoms with Crippen LogP contribution in [0.4, 0.5) is 5.82 Å². The van der Waals surface area contributed by atoms with Gasteiger partial charge in [-0.05, 0) is 30.9 Å². The molecule has 1 aliphatic rings. The normalized spacial score (nSPS) is 20.8. The zero-order valence-electron chi connectivity index (χ0n) is 11.4. The van der Waals surface area contributed by atoms with Crippen molar-refractivity contribution in [1.29, 1.82) is 0 Å². The lowest BCUT2D eigenvalue weighted by atomic mass is 10.1. The van der Waals surface area contributed by atoms with Crippen LogP contribution in [-0.4, -0.2) is 15.7 Å². The number of aryl methyl sites for hydroxylation is 2. The second kappa shape index (κ2) is 5.05. The minimum absolute atomic E-state index is 0.0592. The molecule has 1 N–H and O–H groups in total. The first kappa shape index (κ1) is 13.4. The lowest BCUT2D eigenvalue weighted by molar-refractivity contribution is -0.117. The number of benzene rings is 1. The first-order chi connectivity index (χ1) is 9.56. The van der Waals surface area contributed by atoms with Crippen LogP contribution < -0.4 is 5.32 Å². The molecule has 1 amide bonds. The maximum Gasteiger partial charge on any atom is 0.229 e. The Balaban J connectivity index is 1.69. The molecule has 2 atom stereocenters. The second-order valence-electron chi connectivity index (χ2n) is 5.25. The molecule has 0 saturated heterocycles. The molecule has 20 heavy (non-hydrogen) atoms. The van der Waals surface area contributed by atoms with Crippen molar-refractivity contribution in [1.82, 2.24) is 9.78 Å². The SMILES string of the molecule is Cc1cc(NC(=O)[C@H]2C[C@H]2c2ccccc2Br)n(C)n1. The molecule has 5 heteroatoms. The number of aromatic nitrogens is 2. The summed E-state index contributed by atoms with van der Waals surface area (Å²) in [4.78, 5) is 12.3. The van der Waals surface area contributed by atoms with Crippen LogP contribution in [0.25, 0.3) is 0 Å². The Morgan fingerprint density at radius 3 is 2.85 bits per heavy atom. The summed E-state index contributed by atoms with van der Waals surface area (Å²) in [6.07, 6.45) is 0.908. The summed E-state index contributed by atoms with van der Waals surface area (Å²) in [6, 6.07) is 9.98. The average molecular weight is 334 g/mol. The van der Waals surface area contributed by atoms with E-state index in [0.717, 1.165) is 22.4 Å². The number of halogens is 1. The highest BCUT2D eigenvalue weighted by atomic mass is 79.9. The van der Waals surface area contributed by atoms with Crippen LogP contribution in [0.2, 0.25) is 0 Å². The molecular formula is C15H16BrN3O. The first-order valence-corrected chi connectivity index (χ1v) is 7.41. The Morgan fingerprint density at radius 2 is 2.20 bits per heavy atom. The summed E-state index contributed by atoms with van der Waals surface area (Å²) in [5.74, 6) is 1.21. The lowest BCUT2D eigenvalue weighted by Gasteiger charge is -2.06. The standard InChI is InChI=1S/C15H16BrN3O/c1-9-7-14(19(2)18-9)17-15(20)12-8-11(12)10-5-3-4-6-13(10)16/h3-7,11-12H,8H2,1-2H3,(H,17,20)/t11-,12-/m0/s1. The quantitative estimate of drug-likeness (QED) is 0.937. The van der Waals surface area contributed by atoms with Gasteiger partial charge >= 0.3 is 0 Å². The van der Waals surface area contributed by atoms with Gasteiger partial charge in [0.1, 0.15) is 5.82 Å². The Bertz CT molecular complexity index is 665. The van der Waals surface area contributed by atoms with E-state index in [1.165, 1.54) is 5.56 Å². The van der Waals surface area contributed by atoms with Gasteiger partial charge in [0.25, 0.3) is 0 Å². The van der Waals surface area contributed by atoms with Crippen molar-refractivity contribution < 1.29 is 4.79 Å². The summed E-state index contributed by atoms with van der Waals surface area (Å²) >= 11 is 3.55. The van der Waals surface area contributed by atoms with Crippen molar-refractivity contribution in [2.24, 2.45) is 13.0 Å². The van der Waals surface area contributed by atoms with Crippen LogP contribution in [-0.2, 0) is 11.8 Å². The van der Waals surface area contributed by atoms with Gasteiger partial charge < -0.3 is 5.32 Å². The number of anilines is 1. The van der Waals surface area contributed by atoms with Crippen LogP contribution in [0.1, 0.15) is 23.6 Å². The zero-order valence-corrected chi connectivity index (χ0v) is 13.0. The number of nitrogens with zero attached hydrogens (tertiary/aromatic N) is 2. The van der Waals surface area contributed by atoms with E-state index in [2.05, 4.69) is 32.4 Å². The minimum Gasteiger partial charge on any atom is -0.311 e. The van der Waals surface area contributed by atoms with Crippen molar-refractivity contribution in [2.75, 3.05) is 5.32 Å². The topological polar surface area (TPSA) is 46.9 Å². The summed E-state index contributed by atoms with van der Waals surface area (Å²) in [5, 5.41) is 7.19. The maximum atomic E-state index is 12.3. The van der Waals surface area contributed by atoms with E-state index in [1.807, 2.05) is 38.2 Å². The van der Waals surface area contributed by atoms with Gasteiger partial charge in [0, 0.05) is 23.5 Å².